The zero-order valence-electron chi connectivity index (χ0n) is 11.1. The second-order valence-electron chi connectivity index (χ2n) is 6.63. The third kappa shape index (κ3) is 3.74. The summed E-state index contributed by atoms with van der Waals surface area (Å²) in [6.07, 6.45) is 5.45. The van der Waals surface area contributed by atoms with Gasteiger partial charge in [-0.1, -0.05) is 20.8 Å². The molecular formula is C14H27NO. The van der Waals surface area contributed by atoms with Crippen molar-refractivity contribution in [1.29, 1.82) is 0 Å². The minimum atomic E-state index is 0.534. The van der Waals surface area contributed by atoms with Crippen LogP contribution in [0.5, 0.6) is 0 Å². The SMILES string of the molecule is CC1CC(C)(C)CC1NCCOCC1CC1. The minimum Gasteiger partial charge on any atom is -0.380 e. The highest BCUT2D eigenvalue weighted by Gasteiger charge is 2.36. The van der Waals surface area contributed by atoms with Crippen LogP contribution in [0.1, 0.15) is 46.5 Å². The molecule has 0 aromatic heterocycles. The molecule has 0 radical (unpaired) electrons. The quantitative estimate of drug-likeness (QED) is 0.702. The lowest BCUT2D eigenvalue weighted by atomic mass is 9.91. The molecule has 0 bridgehead atoms. The van der Waals surface area contributed by atoms with E-state index in [-0.39, 0.29) is 0 Å². The summed E-state index contributed by atoms with van der Waals surface area (Å²) in [5.74, 6) is 1.71. The summed E-state index contributed by atoms with van der Waals surface area (Å²) in [4.78, 5) is 0. The molecule has 2 nitrogen and oxygen atoms in total. The van der Waals surface area contributed by atoms with E-state index < -0.39 is 0 Å². The van der Waals surface area contributed by atoms with Crippen LogP contribution in [0.3, 0.4) is 0 Å². The molecule has 2 unspecified atom stereocenters. The van der Waals surface area contributed by atoms with Crippen LogP contribution >= 0.6 is 0 Å². The second-order valence-corrected chi connectivity index (χ2v) is 6.63. The molecule has 0 aliphatic heterocycles. The first-order valence-corrected chi connectivity index (χ1v) is 6.88. The molecule has 2 aliphatic carbocycles. The fourth-order valence-corrected chi connectivity index (χ4v) is 3.02. The van der Waals surface area contributed by atoms with Crippen molar-refractivity contribution in [2.24, 2.45) is 17.3 Å². The predicted molar refractivity (Wildman–Crippen MR) is 67.5 cm³/mol. The number of ether oxygens (including phenoxy) is 1. The smallest absolute Gasteiger partial charge is 0.0591 e. The number of hydrogen-bond donors (Lipinski definition) is 1. The molecule has 0 aromatic carbocycles. The molecule has 0 heterocycles. The fourth-order valence-electron chi connectivity index (χ4n) is 3.02. The van der Waals surface area contributed by atoms with Gasteiger partial charge in [-0.05, 0) is 42.9 Å². The van der Waals surface area contributed by atoms with Gasteiger partial charge in [0.05, 0.1) is 6.61 Å². The van der Waals surface area contributed by atoms with Gasteiger partial charge in [0, 0.05) is 19.2 Å². The summed E-state index contributed by atoms with van der Waals surface area (Å²) in [6, 6.07) is 0.708. The Balaban J connectivity index is 1.55. The molecule has 0 saturated heterocycles. The van der Waals surface area contributed by atoms with Crippen LogP contribution in [0.4, 0.5) is 0 Å². The molecule has 0 spiro atoms. The summed E-state index contributed by atoms with van der Waals surface area (Å²) in [5.41, 5.74) is 0.534. The maximum atomic E-state index is 5.64. The first kappa shape index (κ1) is 12.4. The van der Waals surface area contributed by atoms with E-state index in [2.05, 4.69) is 26.1 Å². The maximum absolute atomic E-state index is 5.64. The van der Waals surface area contributed by atoms with Crippen LogP contribution in [-0.4, -0.2) is 25.8 Å². The van der Waals surface area contributed by atoms with Crippen LogP contribution in [0, 0.1) is 17.3 Å². The second kappa shape index (κ2) is 5.05. The van der Waals surface area contributed by atoms with E-state index in [0.29, 0.717) is 11.5 Å². The first-order valence-electron chi connectivity index (χ1n) is 6.88. The van der Waals surface area contributed by atoms with E-state index in [0.717, 1.165) is 31.6 Å². The van der Waals surface area contributed by atoms with Gasteiger partial charge in [0.15, 0.2) is 0 Å². The van der Waals surface area contributed by atoms with Crippen molar-refractivity contribution in [3.63, 3.8) is 0 Å². The standard InChI is InChI=1S/C14H27NO/c1-11-8-14(2,3)9-13(11)15-6-7-16-10-12-4-5-12/h11-13,15H,4-10H2,1-3H3. The van der Waals surface area contributed by atoms with Gasteiger partial charge in [-0.25, -0.2) is 0 Å². The number of nitrogens with one attached hydrogen (secondary N) is 1. The molecule has 16 heavy (non-hydrogen) atoms. The lowest BCUT2D eigenvalue weighted by Crippen LogP contribution is -2.34. The van der Waals surface area contributed by atoms with Gasteiger partial charge in [0.2, 0.25) is 0 Å². The normalized spacial score (nSPS) is 33.2. The molecule has 2 saturated carbocycles. The Bertz CT molecular complexity index is 223. The third-order valence-electron chi connectivity index (χ3n) is 4.04. The van der Waals surface area contributed by atoms with Gasteiger partial charge >= 0.3 is 0 Å². The van der Waals surface area contributed by atoms with E-state index in [4.69, 9.17) is 4.74 Å². The average molecular weight is 225 g/mol. The Morgan fingerprint density at radius 3 is 2.56 bits per heavy atom. The van der Waals surface area contributed by atoms with Gasteiger partial charge in [0.25, 0.3) is 0 Å². The Morgan fingerprint density at radius 1 is 1.25 bits per heavy atom. The lowest BCUT2D eigenvalue weighted by molar-refractivity contribution is 0.123. The summed E-state index contributed by atoms with van der Waals surface area (Å²) >= 11 is 0. The molecule has 2 aliphatic rings. The van der Waals surface area contributed by atoms with Gasteiger partial charge < -0.3 is 10.1 Å². The van der Waals surface area contributed by atoms with E-state index >= 15 is 0 Å². The molecule has 0 amide bonds. The van der Waals surface area contributed by atoms with Crippen LogP contribution in [0.15, 0.2) is 0 Å². The van der Waals surface area contributed by atoms with Crippen LogP contribution in [0.2, 0.25) is 0 Å². The molecule has 2 heteroatoms. The third-order valence-corrected chi connectivity index (χ3v) is 4.04. The van der Waals surface area contributed by atoms with Crippen LogP contribution in [-0.2, 0) is 4.74 Å². The Labute approximate surface area is 100 Å². The molecule has 94 valence electrons. The zero-order chi connectivity index (χ0) is 11.6. The van der Waals surface area contributed by atoms with Crippen LogP contribution < -0.4 is 5.32 Å². The monoisotopic (exact) mass is 225 g/mol. The van der Waals surface area contributed by atoms with Crippen molar-refractivity contribution in [2.75, 3.05) is 19.8 Å². The highest BCUT2D eigenvalue weighted by atomic mass is 16.5. The van der Waals surface area contributed by atoms with E-state index in [1.165, 1.54) is 25.7 Å². The predicted octanol–water partition coefficient (Wildman–Crippen LogP) is 2.83. The van der Waals surface area contributed by atoms with Gasteiger partial charge in [-0.15, -0.1) is 0 Å². The van der Waals surface area contributed by atoms with Crippen molar-refractivity contribution in [1.82, 2.24) is 5.32 Å². The molecule has 2 fully saturated rings. The van der Waals surface area contributed by atoms with Gasteiger partial charge in [-0.2, -0.15) is 0 Å². The summed E-state index contributed by atoms with van der Waals surface area (Å²) in [5, 5.41) is 3.66. The molecule has 2 atom stereocenters. The molecule has 1 N–H and O–H groups in total. The topological polar surface area (TPSA) is 21.3 Å². The first-order chi connectivity index (χ1) is 7.57. The fraction of sp³-hybridized carbons (Fsp3) is 1.00. The van der Waals surface area contributed by atoms with E-state index in [9.17, 15) is 0 Å². The average Bonchev–Trinajstić information content (AvgIpc) is 2.94. The Hall–Kier alpha value is -0.0800. The van der Waals surface area contributed by atoms with Crippen molar-refractivity contribution >= 4 is 0 Å². The van der Waals surface area contributed by atoms with Crippen LogP contribution in [0.25, 0.3) is 0 Å². The van der Waals surface area contributed by atoms with E-state index in [1.807, 2.05) is 0 Å². The summed E-state index contributed by atoms with van der Waals surface area (Å²) in [7, 11) is 0. The van der Waals surface area contributed by atoms with Crippen molar-refractivity contribution in [3.8, 4) is 0 Å². The molecule has 2 rings (SSSR count). The summed E-state index contributed by atoms with van der Waals surface area (Å²) in [6.45, 7) is 10.0. The molecular weight excluding hydrogens is 198 g/mol. The van der Waals surface area contributed by atoms with E-state index in [1.54, 1.807) is 0 Å². The zero-order valence-corrected chi connectivity index (χ0v) is 11.1. The Morgan fingerprint density at radius 2 is 2.00 bits per heavy atom. The lowest BCUT2D eigenvalue weighted by Gasteiger charge is -2.18. The number of hydrogen-bond acceptors (Lipinski definition) is 2. The molecule has 0 aromatic rings. The summed E-state index contributed by atoms with van der Waals surface area (Å²) < 4.78 is 5.64. The minimum absolute atomic E-state index is 0.534. The Kier molecular flexibility index (Phi) is 3.91. The van der Waals surface area contributed by atoms with Crippen molar-refractivity contribution in [3.05, 3.63) is 0 Å². The highest BCUT2D eigenvalue weighted by molar-refractivity contribution is 4.90. The van der Waals surface area contributed by atoms with Gasteiger partial charge in [-0.3, -0.25) is 0 Å². The van der Waals surface area contributed by atoms with Gasteiger partial charge in [0.1, 0.15) is 0 Å². The largest absolute Gasteiger partial charge is 0.380 e. The number of rotatable bonds is 6. The maximum Gasteiger partial charge on any atom is 0.0591 e. The van der Waals surface area contributed by atoms with Crippen molar-refractivity contribution in [2.45, 2.75) is 52.5 Å². The highest BCUT2D eigenvalue weighted by Crippen LogP contribution is 2.40. The van der Waals surface area contributed by atoms with Crippen molar-refractivity contribution < 1.29 is 4.74 Å².